The number of likely N-dealkylation sites (N-methyl/N-ethyl adjacent to an activating group) is 3. The van der Waals surface area contributed by atoms with E-state index in [0.29, 0.717) is 34.9 Å². The van der Waals surface area contributed by atoms with Gasteiger partial charge in [-0.1, -0.05) is 36.4 Å². The molecule has 0 saturated heterocycles. The number of fused-ring (bicyclic) bond motifs is 3. The van der Waals surface area contributed by atoms with Crippen LogP contribution in [0.3, 0.4) is 0 Å². The number of benzene rings is 3. The van der Waals surface area contributed by atoms with E-state index in [4.69, 9.17) is 0 Å². The lowest BCUT2D eigenvalue weighted by Gasteiger charge is -2.21. The van der Waals surface area contributed by atoms with Gasteiger partial charge in [-0.15, -0.1) is 0 Å². The lowest BCUT2D eigenvalue weighted by atomic mass is 9.98. The van der Waals surface area contributed by atoms with Crippen molar-refractivity contribution in [2.24, 2.45) is 21.1 Å². The SMILES string of the molecule is CN1CC=C(c2cn(S(=O)(=O)c3cn(C)cn3)c3ccc(C(F)(F)F)cc23)CC1.CN1CC=C(c2cn(S(=O)(=O)c3cn(C)cn3)c3ccc(F)cc23)CC1.CN1CC=C(c2cn(S(=O)(=O)c3cn(C)cn3)c3ccccc23)CC1. The number of aromatic nitrogens is 9. The van der Waals surface area contributed by atoms with Gasteiger partial charge in [0.05, 0.1) is 41.1 Å². The predicted molar refractivity (Wildman–Crippen MR) is 298 cm³/mol. The van der Waals surface area contributed by atoms with Crippen LogP contribution in [0, 0.1) is 5.82 Å². The topological polar surface area (TPSA) is 180 Å². The molecule has 0 amide bonds. The lowest BCUT2D eigenvalue weighted by Crippen LogP contribution is -2.23. The van der Waals surface area contributed by atoms with Crippen molar-refractivity contribution in [1.82, 2.24) is 55.3 Å². The Morgan fingerprint density at radius 2 is 0.812 bits per heavy atom. The number of halogens is 4. The van der Waals surface area contributed by atoms with Gasteiger partial charge in [0.25, 0.3) is 30.1 Å². The first-order valence-corrected chi connectivity index (χ1v) is 29.7. The number of alkyl halides is 3. The van der Waals surface area contributed by atoms with Crippen LogP contribution >= 0.6 is 0 Å². The summed E-state index contributed by atoms with van der Waals surface area (Å²) >= 11 is 0. The molecule has 3 aromatic carbocycles. The van der Waals surface area contributed by atoms with Crippen molar-refractivity contribution in [2.75, 3.05) is 60.4 Å². The molecule has 0 aliphatic carbocycles. The number of aryl methyl sites for hydroxylation is 3. The smallest absolute Gasteiger partial charge is 0.339 e. The van der Waals surface area contributed by atoms with Gasteiger partial charge in [-0.3, -0.25) is 0 Å². The quantitative estimate of drug-likeness (QED) is 0.127. The zero-order chi connectivity index (χ0) is 57.1. The van der Waals surface area contributed by atoms with Crippen molar-refractivity contribution in [3.8, 4) is 0 Å². The van der Waals surface area contributed by atoms with E-state index in [9.17, 15) is 42.8 Å². The molecule has 0 N–H and O–H groups in total. The Bertz CT molecular complexity index is 4290. The van der Waals surface area contributed by atoms with Gasteiger partial charge >= 0.3 is 6.18 Å². The fourth-order valence-corrected chi connectivity index (χ4v) is 14.0. The van der Waals surface area contributed by atoms with Gasteiger partial charge in [-0.2, -0.15) is 38.4 Å². The van der Waals surface area contributed by atoms with Crippen LogP contribution in [0.5, 0.6) is 0 Å². The van der Waals surface area contributed by atoms with Crippen LogP contribution in [0.15, 0.2) is 150 Å². The first-order chi connectivity index (χ1) is 37.9. The van der Waals surface area contributed by atoms with Crippen LogP contribution in [0.25, 0.3) is 49.4 Å². The van der Waals surface area contributed by atoms with E-state index in [1.54, 1.807) is 42.7 Å². The fraction of sp³-hybridized carbons (Fsp3) is 0.291. The highest BCUT2D eigenvalue weighted by molar-refractivity contribution is 7.90. The molecule has 6 aromatic heterocycles. The third kappa shape index (κ3) is 11.0. The Labute approximate surface area is 460 Å². The monoisotopic (exact) mass is 1150 g/mol. The van der Waals surface area contributed by atoms with E-state index in [1.807, 2.05) is 44.4 Å². The number of imidazole rings is 3. The molecule has 9 heterocycles. The Hall–Kier alpha value is -7.42. The number of hydrogen-bond donors (Lipinski definition) is 0. The van der Waals surface area contributed by atoms with E-state index in [2.05, 4.69) is 48.9 Å². The summed E-state index contributed by atoms with van der Waals surface area (Å²) in [6.07, 6.45) is 17.4. The minimum absolute atomic E-state index is 0.0369. The maximum Gasteiger partial charge on any atom is 0.416 e. The lowest BCUT2D eigenvalue weighted by molar-refractivity contribution is -0.137. The van der Waals surface area contributed by atoms with Gasteiger partial charge in [-0.05, 0) is 99.6 Å². The van der Waals surface area contributed by atoms with Crippen LogP contribution in [0.2, 0.25) is 0 Å². The van der Waals surface area contributed by atoms with Gasteiger partial charge < -0.3 is 28.4 Å². The van der Waals surface area contributed by atoms with Gasteiger partial charge in [0.15, 0.2) is 15.1 Å². The van der Waals surface area contributed by atoms with Gasteiger partial charge in [0.2, 0.25) is 0 Å². The van der Waals surface area contributed by atoms with Crippen molar-refractivity contribution in [1.29, 1.82) is 0 Å². The summed E-state index contributed by atoms with van der Waals surface area (Å²) in [5.74, 6) is -0.389. The molecule has 80 heavy (non-hydrogen) atoms. The Morgan fingerprint density at radius 1 is 0.450 bits per heavy atom. The van der Waals surface area contributed by atoms with E-state index in [0.717, 1.165) is 89.3 Å². The minimum Gasteiger partial charge on any atom is -0.339 e. The van der Waals surface area contributed by atoms with Gasteiger partial charge in [0.1, 0.15) is 5.82 Å². The number of hydrogen-bond acceptors (Lipinski definition) is 12. The van der Waals surface area contributed by atoms with E-state index >= 15 is 0 Å². The van der Waals surface area contributed by atoms with Crippen LogP contribution in [0.1, 0.15) is 41.5 Å². The van der Waals surface area contributed by atoms with Crippen LogP contribution in [-0.4, -0.2) is 141 Å². The molecule has 0 atom stereocenters. The Morgan fingerprint density at radius 3 is 1.18 bits per heavy atom. The highest BCUT2D eigenvalue weighted by Crippen LogP contribution is 2.39. The average Bonchev–Trinajstić information content (AvgIpc) is 4.44. The summed E-state index contributed by atoms with van der Waals surface area (Å²) in [6, 6.07) is 14.9. The molecule has 0 saturated carbocycles. The molecular weight excluding hydrogens is 1100 g/mol. The molecule has 25 heteroatoms. The van der Waals surface area contributed by atoms with Crippen molar-refractivity contribution < 1.29 is 42.8 Å². The first kappa shape index (κ1) is 55.9. The van der Waals surface area contributed by atoms with Crippen LogP contribution in [-0.2, 0) is 57.4 Å². The summed E-state index contributed by atoms with van der Waals surface area (Å²) in [4.78, 5) is 18.4. The summed E-state index contributed by atoms with van der Waals surface area (Å²) in [7, 11) is -0.467. The number of rotatable bonds is 9. The van der Waals surface area contributed by atoms with Gasteiger partial charge in [0, 0.05) is 130 Å². The molecule has 3 aliphatic heterocycles. The van der Waals surface area contributed by atoms with E-state index < -0.39 is 41.8 Å². The molecule has 18 nitrogen and oxygen atoms in total. The molecule has 9 aromatic rings. The van der Waals surface area contributed by atoms with Crippen molar-refractivity contribution >= 4 is 79.5 Å². The summed E-state index contributed by atoms with van der Waals surface area (Å²) in [5, 5.41) is 1.67. The van der Waals surface area contributed by atoms with Crippen molar-refractivity contribution in [2.45, 2.75) is 40.5 Å². The highest BCUT2D eigenvalue weighted by atomic mass is 32.2. The molecule has 0 unspecified atom stereocenters. The van der Waals surface area contributed by atoms with Crippen LogP contribution < -0.4 is 0 Å². The average molecular weight is 1160 g/mol. The molecule has 0 radical (unpaired) electrons. The second-order valence-corrected chi connectivity index (χ2v) is 25.6. The maximum absolute atomic E-state index is 13.9. The molecule has 12 rings (SSSR count). The fourth-order valence-electron chi connectivity index (χ4n) is 9.98. The number of nitrogens with zero attached hydrogens (tertiary/aromatic N) is 12. The maximum atomic E-state index is 13.9. The van der Waals surface area contributed by atoms with E-state index in [1.165, 1.54) is 86.1 Å². The molecule has 3 aliphatic rings. The molecular formula is C55H58F4N12O6S3. The highest BCUT2D eigenvalue weighted by Gasteiger charge is 2.33. The Kier molecular flexibility index (Phi) is 15.1. The van der Waals surface area contributed by atoms with Crippen LogP contribution in [0.4, 0.5) is 17.6 Å². The second kappa shape index (κ2) is 21.6. The zero-order valence-electron chi connectivity index (χ0n) is 44.6. The summed E-state index contributed by atoms with van der Waals surface area (Å²) in [5.41, 5.74) is 5.83. The first-order valence-electron chi connectivity index (χ1n) is 25.4. The predicted octanol–water partition coefficient (Wildman–Crippen LogP) is 8.15. The molecule has 0 spiro atoms. The van der Waals surface area contributed by atoms with Gasteiger partial charge in [-0.25, -0.2) is 31.3 Å². The summed E-state index contributed by atoms with van der Waals surface area (Å²) < 4.78 is 141. The number of para-hydroxylation sites is 1. The third-order valence-corrected chi connectivity index (χ3v) is 19.1. The molecule has 0 bridgehead atoms. The normalized spacial score (nSPS) is 16.3. The van der Waals surface area contributed by atoms with E-state index in [-0.39, 0.29) is 31.8 Å². The summed E-state index contributed by atoms with van der Waals surface area (Å²) in [6.45, 7) is 4.89. The molecule has 0 fully saturated rings. The van der Waals surface area contributed by atoms with Crippen molar-refractivity contribution in [3.05, 3.63) is 163 Å². The minimum atomic E-state index is -4.52. The Balaban J connectivity index is 0.000000135. The zero-order valence-corrected chi connectivity index (χ0v) is 47.1. The second-order valence-electron chi connectivity index (χ2n) is 20.3. The molecule has 420 valence electrons. The van der Waals surface area contributed by atoms with Crippen molar-refractivity contribution in [3.63, 3.8) is 0 Å². The third-order valence-electron chi connectivity index (χ3n) is 14.4. The largest absolute Gasteiger partial charge is 0.416 e. The standard InChI is InChI=1S/C19H19F3N4O2S.C18H19FN4O2S.C18H20N4O2S/c1-24-7-5-13(6-8-24)16-10-26(29(27,28)18-11-25(2)12-23-18)17-4-3-14(9-15(16)17)19(20,21)22;1-21-7-5-13(6-8-21)16-10-23(17-4-3-14(19)9-15(16)17)26(24,25)18-11-22(2)12-20-18;1-20-9-7-14(8-10-20)16-11-22(17-6-4-3-5-15(16)17)25(23,24)18-12-21(2)13-19-18/h3-5,9-12H,6-8H2,1-2H3;3-5,9-12H,6-8H2,1-2H3;3-7,11-13H,8-10H2,1-2H3.